The average molecular weight is 453 g/mol. The number of aromatic nitrogens is 1. The van der Waals surface area contributed by atoms with Gasteiger partial charge in [-0.1, -0.05) is 6.07 Å². The number of nitrogens with one attached hydrogen (secondary N) is 3. The molecular weight excluding hydrogens is 424 g/mol. The predicted molar refractivity (Wildman–Crippen MR) is 123 cm³/mol. The molecule has 0 saturated heterocycles. The van der Waals surface area contributed by atoms with E-state index in [1.807, 2.05) is 43.0 Å². The second-order valence-electron chi connectivity index (χ2n) is 8.01. The summed E-state index contributed by atoms with van der Waals surface area (Å²) in [6.07, 6.45) is 1.65. The number of pyridine rings is 1. The maximum absolute atomic E-state index is 12.8. The fraction of sp³-hybridized carbons (Fsp3) is 0.348. The molecular formula is C23H28N6O4. The molecule has 2 aliphatic heterocycles. The highest BCUT2D eigenvalue weighted by atomic mass is 16.7. The van der Waals surface area contributed by atoms with E-state index in [2.05, 4.69) is 20.9 Å². The summed E-state index contributed by atoms with van der Waals surface area (Å²) in [6.45, 7) is 6.29. The number of hydrogen-bond donors (Lipinski definition) is 4. The molecule has 1 aromatic heterocycles. The lowest BCUT2D eigenvalue weighted by atomic mass is 10.1. The normalized spacial score (nSPS) is 16.9. The monoisotopic (exact) mass is 452 g/mol. The van der Waals surface area contributed by atoms with E-state index in [4.69, 9.17) is 15.2 Å². The smallest absolute Gasteiger partial charge is 0.262 e. The number of carbonyl (C=O) groups is 2. The summed E-state index contributed by atoms with van der Waals surface area (Å²) < 4.78 is 10.8. The zero-order chi connectivity index (χ0) is 23.5. The quantitative estimate of drug-likeness (QED) is 0.494. The van der Waals surface area contributed by atoms with Gasteiger partial charge in [0, 0.05) is 37.6 Å². The summed E-state index contributed by atoms with van der Waals surface area (Å²) in [6, 6.07) is 7.69. The highest BCUT2D eigenvalue weighted by molar-refractivity contribution is 5.89. The summed E-state index contributed by atoms with van der Waals surface area (Å²) >= 11 is 0. The van der Waals surface area contributed by atoms with Crippen LogP contribution in [-0.4, -0.2) is 36.3 Å². The van der Waals surface area contributed by atoms with Crippen LogP contribution in [-0.2, 0) is 22.6 Å². The van der Waals surface area contributed by atoms with Gasteiger partial charge in [0.15, 0.2) is 17.7 Å². The van der Waals surface area contributed by atoms with E-state index in [9.17, 15) is 9.59 Å². The van der Waals surface area contributed by atoms with Gasteiger partial charge >= 0.3 is 0 Å². The van der Waals surface area contributed by atoms with Crippen molar-refractivity contribution in [1.82, 2.24) is 20.9 Å². The summed E-state index contributed by atoms with van der Waals surface area (Å²) in [5, 5.41) is 8.90. The first-order chi connectivity index (χ1) is 15.8. The minimum absolute atomic E-state index is 0.135. The molecule has 10 heteroatoms. The lowest BCUT2D eigenvalue weighted by Crippen LogP contribution is -2.57. The van der Waals surface area contributed by atoms with Crippen molar-refractivity contribution in [3.8, 4) is 11.5 Å². The van der Waals surface area contributed by atoms with Crippen molar-refractivity contribution < 1.29 is 19.1 Å². The third-order valence-electron chi connectivity index (χ3n) is 5.61. The minimum Gasteiger partial charge on any atom is -0.454 e. The molecule has 5 N–H and O–H groups in total. The molecule has 0 bridgehead atoms. The van der Waals surface area contributed by atoms with Gasteiger partial charge in [-0.25, -0.2) is 4.98 Å². The van der Waals surface area contributed by atoms with Gasteiger partial charge in [0.05, 0.1) is 5.69 Å². The molecule has 1 aromatic carbocycles. The Balaban J connectivity index is 1.53. The van der Waals surface area contributed by atoms with Gasteiger partial charge in [-0.15, -0.1) is 0 Å². The van der Waals surface area contributed by atoms with Crippen molar-refractivity contribution in [2.24, 2.45) is 0 Å². The summed E-state index contributed by atoms with van der Waals surface area (Å²) in [5.41, 5.74) is 10.3. The molecule has 2 amide bonds. The van der Waals surface area contributed by atoms with Crippen LogP contribution in [0.4, 0.5) is 11.5 Å². The fourth-order valence-corrected chi connectivity index (χ4v) is 3.85. The molecule has 1 unspecified atom stereocenters. The van der Waals surface area contributed by atoms with Gasteiger partial charge in [0.2, 0.25) is 12.7 Å². The van der Waals surface area contributed by atoms with Crippen LogP contribution < -0.4 is 36.1 Å². The number of ether oxygens (including phenoxy) is 2. The number of rotatable bonds is 7. The van der Waals surface area contributed by atoms with Crippen LogP contribution in [0.1, 0.15) is 30.7 Å². The Morgan fingerprint density at radius 2 is 2.06 bits per heavy atom. The highest BCUT2D eigenvalue weighted by Gasteiger charge is 2.32. The maximum Gasteiger partial charge on any atom is 0.262 e. The Kier molecular flexibility index (Phi) is 6.36. The molecule has 0 radical (unpaired) electrons. The first-order valence-electron chi connectivity index (χ1n) is 10.7. The number of hydrogen-bond acceptors (Lipinski definition) is 8. The molecule has 33 heavy (non-hydrogen) atoms. The van der Waals surface area contributed by atoms with E-state index < -0.39 is 6.17 Å². The second-order valence-corrected chi connectivity index (χ2v) is 8.01. The van der Waals surface area contributed by atoms with E-state index in [-0.39, 0.29) is 18.6 Å². The second kappa shape index (κ2) is 9.37. The molecule has 10 nitrogen and oxygen atoms in total. The number of nitrogens with zero attached hydrogens (tertiary/aromatic N) is 2. The maximum atomic E-state index is 12.8. The van der Waals surface area contributed by atoms with Crippen molar-refractivity contribution in [2.75, 3.05) is 24.0 Å². The number of aryl methyl sites for hydroxylation is 1. The minimum atomic E-state index is -0.676. The molecule has 4 rings (SSSR count). The molecule has 0 saturated carbocycles. The topological polar surface area (TPSA) is 131 Å². The van der Waals surface area contributed by atoms with Gasteiger partial charge in [0.25, 0.3) is 5.91 Å². The predicted octanol–water partition coefficient (Wildman–Crippen LogP) is 1.29. The van der Waals surface area contributed by atoms with Crippen LogP contribution in [0.3, 0.4) is 0 Å². The summed E-state index contributed by atoms with van der Waals surface area (Å²) in [5.74, 6) is 1.44. The Bertz CT molecular complexity index is 1120. The molecule has 0 fully saturated rings. The van der Waals surface area contributed by atoms with Gasteiger partial charge < -0.3 is 30.7 Å². The lowest BCUT2D eigenvalue weighted by Gasteiger charge is -2.37. The van der Waals surface area contributed by atoms with Gasteiger partial charge in [-0.2, -0.15) is 0 Å². The standard InChI is InChI=1S/C23H28N6O4/c1-13-10-27-23(31)22(25-7-6-16-4-5-19-20(8-16)33-12-32-19)29(13)18-9-17(11-26-15(3)30)14(2)28-21(18)24/h4-5,8-10,22,25H,6-7,11-12H2,1-3H3,(H2,24,28)(H,26,30)(H,27,31). The van der Waals surface area contributed by atoms with E-state index in [0.717, 1.165) is 34.0 Å². The molecule has 2 aliphatic rings. The first-order valence-corrected chi connectivity index (χ1v) is 10.7. The average Bonchev–Trinajstić information content (AvgIpc) is 3.24. The van der Waals surface area contributed by atoms with Crippen molar-refractivity contribution in [3.63, 3.8) is 0 Å². The van der Waals surface area contributed by atoms with Gasteiger partial charge in [-0.05, 0) is 49.6 Å². The van der Waals surface area contributed by atoms with Crippen LogP contribution in [0.15, 0.2) is 36.2 Å². The largest absolute Gasteiger partial charge is 0.454 e. The van der Waals surface area contributed by atoms with Gasteiger partial charge in [-0.3, -0.25) is 14.9 Å². The Morgan fingerprint density at radius 1 is 1.27 bits per heavy atom. The molecule has 0 spiro atoms. The number of anilines is 2. The van der Waals surface area contributed by atoms with Crippen LogP contribution in [0, 0.1) is 6.92 Å². The summed E-state index contributed by atoms with van der Waals surface area (Å²) in [7, 11) is 0. The van der Waals surface area contributed by atoms with Crippen molar-refractivity contribution >= 4 is 23.3 Å². The Hall–Kier alpha value is -3.79. The zero-order valence-electron chi connectivity index (χ0n) is 18.9. The van der Waals surface area contributed by atoms with E-state index in [1.54, 1.807) is 6.20 Å². The number of carbonyl (C=O) groups excluding carboxylic acids is 2. The molecule has 2 aromatic rings. The van der Waals surface area contributed by atoms with E-state index in [1.165, 1.54) is 6.92 Å². The fourth-order valence-electron chi connectivity index (χ4n) is 3.85. The summed E-state index contributed by atoms with van der Waals surface area (Å²) in [4.78, 5) is 30.4. The van der Waals surface area contributed by atoms with Crippen molar-refractivity contribution in [1.29, 1.82) is 0 Å². The van der Waals surface area contributed by atoms with Crippen molar-refractivity contribution in [3.05, 3.63) is 53.0 Å². The van der Waals surface area contributed by atoms with Gasteiger partial charge in [0.1, 0.15) is 5.82 Å². The third kappa shape index (κ3) is 4.85. The van der Waals surface area contributed by atoms with E-state index >= 15 is 0 Å². The number of nitrogens with two attached hydrogens (primary N) is 1. The molecule has 174 valence electrons. The van der Waals surface area contributed by atoms with Crippen LogP contribution >= 0.6 is 0 Å². The third-order valence-corrected chi connectivity index (χ3v) is 5.61. The zero-order valence-corrected chi connectivity index (χ0v) is 18.9. The van der Waals surface area contributed by atoms with Crippen LogP contribution in [0.25, 0.3) is 0 Å². The number of allylic oxidation sites excluding steroid dienone is 1. The number of amides is 2. The lowest BCUT2D eigenvalue weighted by molar-refractivity contribution is -0.122. The number of benzene rings is 1. The molecule has 0 aliphatic carbocycles. The Labute approximate surface area is 192 Å². The van der Waals surface area contributed by atoms with Crippen LogP contribution in [0.5, 0.6) is 11.5 Å². The number of fused-ring (bicyclic) bond motifs is 1. The SMILES string of the molecule is CC(=O)NCc1cc(N2C(C)=CNC(=O)C2NCCc2ccc3c(c2)OCO3)c(N)nc1C. The molecule has 3 heterocycles. The Morgan fingerprint density at radius 3 is 2.85 bits per heavy atom. The first kappa shape index (κ1) is 22.4. The highest BCUT2D eigenvalue weighted by Crippen LogP contribution is 2.33. The molecule has 1 atom stereocenters. The van der Waals surface area contributed by atoms with Crippen molar-refractivity contribution in [2.45, 2.75) is 39.9 Å². The van der Waals surface area contributed by atoms with Crippen LogP contribution in [0.2, 0.25) is 0 Å². The van der Waals surface area contributed by atoms with E-state index in [0.29, 0.717) is 31.0 Å². The number of nitrogen functional groups attached to an aromatic ring is 1.